The molecule has 2 aliphatic rings. The number of nitrogens with one attached hydrogen (secondary N) is 2. The predicted molar refractivity (Wildman–Crippen MR) is 198 cm³/mol. The summed E-state index contributed by atoms with van der Waals surface area (Å²) in [5.74, 6) is 1.93. The number of hydrogen-bond acceptors (Lipinski definition) is 10. The van der Waals surface area contributed by atoms with Crippen molar-refractivity contribution in [2.24, 2.45) is 0 Å². The highest BCUT2D eigenvalue weighted by Gasteiger charge is 2.32. The molecule has 3 aromatic carbocycles. The smallest absolute Gasteiger partial charge is 0.224 e. The van der Waals surface area contributed by atoms with Crippen molar-refractivity contribution in [2.45, 2.75) is 51.6 Å². The van der Waals surface area contributed by atoms with Crippen molar-refractivity contribution in [3.63, 3.8) is 0 Å². The first-order valence-corrected chi connectivity index (χ1v) is 17.5. The van der Waals surface area contributed by atoms with Gasteiger partial charge in [-0.15, -0.1) is 0 Å². The van der Waals surface area contributed by atoms with Crippen molar-refractivity contribution in [1.29, 1.82) is 0 Å². The quantitative estimate of drug-likeness (QED) is 0.217. The molecule has 12 nitrogen and oxygen atoms in total. The number of morpholine rings is 1. The van der Waals surface area contributed by atoms with E-state index in [1.165, 1.54) is 20.1 Å². The minimum Gasteiger partial charge on any atom is -0.497 e. The summed E-state index contributed by atoms with van der Waals surface area (Å²) < 4.78 is 34.9. The van der Waals surface area contributed by atoms with Crippen LogP contribution in [0.1, 0.15) is 49.9 Å². The summed E-state index contributed by atoms with van der Waals surface area (Å²) >= 11 is 0. The van der Waals surface area contributed by atoms with Gasteiger partial charge in [0.1, 0.15) is 11.5 Å². The van der Waals surface area contributed by atoms with Crippen LogP contribution in [0.2, 0.25) is 0 Å². The van der Waals surface area contributed by atoms with Crippen LogP contribution in [-0.4, -0.2) is 83.5 Å². The maximum absolute atomic E-state index is 14.3. The van der Waals surface area contributed by atoms with Crippen LogP contribution in [0.15, 0.2) is 51.7 Å². The van der Waals surface area contributed by atoms with E-state index in [4.69, 9.17) is 28.1 Å². The number of carbonyl (C=O) groups is 2. The molecule has 6 rings (SSSR count). The summed E-state index contributed by atoms with van der Waals surface area (Å²) in [6.45, 7) is 8.95. The fraction of sp³-hybridized carbons (Fsp3) is 0.425. The van der Waals surface area contributed by atoms with Crippen molar-refractivity contribution in [2.75, 3.05) is 61.3 Å². The van der Waals surface area contributed by atoms with Crippen LogP contribution in [0.3, 0.4) is 0 Å². The molecule has 1 saturated heterocycles. The lowest BCUT2D eigenvalue weighted by molar-refractivity contribution is -0.121. The normalized spacial score (nSPS) is 15.9. The topological polar surface area (TPSA) is 138 Å². The second-order valence-corrected chi connectivity index (χ2v) is 13.7. The van der Waals surface area contributed by atoms with E-state index in [-0.39, 0.29) is 34.8 Å². The number of hydrogen-bond donors (Lipinski definition) is 2. The van der Waals surface area contributed by atoms with Crippen molar-refractivity contribution < 1.29 is 37.7 Å². The van der Waals surface area contributed by atoms with E-state index in [0.717, 1.165) is 18.7 Å². The van der Waals surface area contributed by atoms with Gasteiger partial charge in [-0.25, -0.2) is 0 Å². The molecule has 276 valence electrons. The summed E-state index contributed by atoms with van der Waals surface area (Å²) in [6, 6.07) is 12.1. The van der Waals surface area contributed by atoms with Crippen LogP contribution in [0.4, 0.5) is 0 Å². The second-order valence-electron chi connectivity index (χ2n) is 13.7. The second kappa shape index (κ2) is 15.3. The monoisotopic (exact) mass is 713 g/mol. The molecule has 1 aliphatic heterocycles. The van der Waals surface area contributed by atoms with Gasteiger partial charge in [-0.2, -0.15) is 0 Å². The lowest BCUT2D eigenvalue weighted by atomic mass is 9.94. The Balaban J connectivity index is 1.57. The van der Waals surface area contributed by atoms with E-state index in [0.29, 0.717) is 94.6 Å². The summed E-state index contributed by atoms with van der Waals surface area (Å²) in [6.07, 6.45) is 0.995. The van der Waals surface area contributed by atoms with Crippen LogP contribution in [0.5, 0.6) is 23.0 Å². The first kappa shape index (κ1) is 36.7. The zero-order chi connectivity index (χ0) is 37.2. The molecule has 2 N–H and O–H groups in total. The van der Waals surface area contributed by atoms with Gasteiger partial charge in [-0.05, 0) is 85.8 Å². The Morgan fingerprint density at radius 1 is 0.942 bits per heavy atom. The molecule has 1 fully saturated rings. The van der Waals surface area contributed by atoms with Crippen molar-refractivity contribution in [3.05, 3.63) is 69.4 Å². The van der Waals surface area contributed by atoms with Crippen LogP contribution >= 0.6 is 0 Å². The summed E-state index contributed by atoms with van der Waals surface area (Å²) in [5, 5.41) is 6.67. The number of furan rings is 1. The van der Waals surface area contributed by atoms with Crippen molar-refractivity contribution >= 4 is 22.8 Å². The highest BCUT2D eigenvalue weighted by atomic mass is 16.5. The molecule has 0 spiro atoms. The number of aryl methyl sites for hydroxylation is 1. The fourth-order valence-electron chi connectivity index (χ4n) is 7.35. The predicted octanol–water partition coefficient (Wildman–Crippen LogP) is 5.05. The van der Waals surface area contributed by atoms with Gasteiger partial charge in [0, 0.05) is 54.2 Å². The molecule has 1 atom stereocenters. The van der Waals surface area contributed by atoms with Gasteiger partial charge in [0.05, 0.1) is 54.1 Å². The average Bonchev–Trinajstić information content (AvgIpc) is 3.35. The molecule has 1 aliphatic carbocycles. The minimum atomic E-state index is -0.499. The summed E-state index contributed by atoms with van der Waals surface area (Å²) in [5.41, 5.74) is 3.48. The molecule has 0 bridgehead atoms. The van der Waals surface area contributed by atoms with Gasteiger partial charge >= 0.3 is 0 Å². The molecule has 0 unspecified atom stereocenters. The standard InChI is InChI=1S/C40H47N3O9/c1-23(44)42-31-13-10-25-18-33(48-5)38(49-6)39(50-7)35(25)28-19-29-30(21-34(46)41-22-40(2,3)43-14-16-51-17-15-43)36(24-8-11-26(47-4)12-9-24)52-37(29)32(45)20-27(28)31/h8-9,11-12,18-20,31H,10,13-17,21-22H2,1-7H3,(H,41,46)(H,42,44)/t31-/m0/s1. The number of amides is 2. The molecular weight excluding hydrogens is 666 g/mol. The van der Waals surface area contributed by atoms with Crippen LogP contribution in [0, 0.1) is 0 Å². The highest BCUT2D eigenvalue weighted by Crippen LogP contribution is 2.51. The van der Waals surface area contributed by atoms with Crippen molar-refractivity contribution in [3.8, 4) is 45.4 Å². The van der Waals surface area contributed by atoms with Crippen LogP contribution in [0.25, 0.3) is 33.4 Å². The van der Waals surface area contributed by atoms with Gasteiger partial charge in [0.2, 0.25) is 23.0 Å². The molecule has 2 amide bonds. The molecule has 52 heavy (non-hydrogen) atoms. The highest BCUT2D eigenvalue weighted by molar-refractivity contribution is 5.96. The third-order valence-electron chi connectivity index (χ3n) is 10.1. The molecule has 0 saturated carbocycles. The first-order valence-electron chi connectivity index (χ1n) is 17.5. The van der Waals surface area contributed by atoms with Crippen LogP contribution < -0.4 is 35.0 Å². The number of nitrogens with zero attached hydrogens (tertiary/aromatic N) is 1. The zero-order valence-electron chi connectivity index (χ0n) is 30.9. The maximum atomic E-state index is 14.3. The van der Waals surface area contributed by atoms with Gasteiger partial charge < -0.3 is 38.7 Å². The first-order chi connectivity index (χ1) is 25.0. The Bertz CT molecular complexity index is 2030. The largest absolute Gasteiger partial charge is 0.497 e. The summed E-state index contributed by atoms with van der Waals surface area (Å²) in [7, 11) is 6.24. The van der Waals surface area contributed by atoms with Gasteiger partial charge in [0.15, 0.2) is 17.1 Å². The SMILES string of the molecule is COc1ccc(-c2oc3c(=O)cc4c(cc3c2CC(=O)NCC(C)(C)N2CCOCC2)-c2c(cc(OC)c(OC)c2OC)CC[C@@H]4NC(C)=O)cc1. The molecule has 1 aromatic heterocycles. The Hall–Kier alpha value is -5.07. The van der Waals surface area contributed by atoms with E-state index in [9.17, 15) is 14.4 Å². The number of benzene rings is 2. The summed E-state index contributed by atoms with van der Waals surface area (Å²) in [4.78, 5) is 43.0. The van der Waals surface area contributed by atoms with E-state index in [1.54, 1.807) is 33.5 Å². The minimum absolute atomic E-state index is 0.0587. The molecule has 12 heteroatoms. The fourth-order valence-corrected chi connectivity index (χ4v) is 7.35. The van der Waals surface area contributed by atoms with E-state index in [1.807, 2.05) is 24.3 Å². The van der Waals surface area contributed by atoms with Crippen LogP contribution in [-0.2, 0) is 27.2 Å². The Morgan fingerprint density at radius 3 is 2.29 bits per heavy atom. The van der Waals surface area contributed by atoms with E-state index >= 15 is 0 Å². The molecule has 4 aromatic rings. The third kappa shape index (κ3) is 7.18. The third-order valence-corrected chi connectivity index (χ3v) is 10.1. The maximum Gasteiger partial charge on any atom is 0.224 e. The number of fused-ring (bicyclic) bond motifs is 4. The lowest BCUT2D eigenvalue weighted by Gasteiger charge is -2.40. The van der Waals surface area contributed by atoms with Gasteiger partial charge in [-0.3, -0.25) is 19.3 Å². The number of ether oxygens (including phenoxy) is 5. The van der Waals surface area contributed by atoms with Gasteiger partial charge in [0.25, 0.3) is 0 Å². The zero-order valence-corrected chi connectivity index (χ0v) is 30.9. The Kier molecular flexibility index (Phi) is 10.8. The van der Waals surface area contributed by atoms with E-state index in [2.05, 4.69) is 29.4 Å². The molecule has 0 radical (unpaired) electrons. The Labute approximate surface area is 303 Å². The molecular formula is C40H47N3O9. The van der Waals surface area contributed by atoms with Crippen molar-refractivity contribution in [1.82, 2.24) is 15.5 Å². The average molecular weight is 714 g/mol. The number of methoxy groups -OCH3 is 4. The number of carbonyl (C=O) groups excluding carboxylic acids is 2. The van der Waals surface area contributed by atoms with E-state index < -0.39 is 6.04 Å². The number of rotatable bonds is 11. The van der Waals surface area contributed by atoms with Gasteiger partial charge in [-0.1, -0.05) is 0 Å². The Morgan fingerprint density at radius 2 is 1.65 bits per heavy atom. The molecule has 2 heterocycles. The lowest BCUT2D eigenvalue weighted by Crippen LogP contribution is -2.55.